The number of hydrogen-bond acceptors (Lipinski definition) is 5. The number of nitrogens with zero attached hydrogens (tertiary/aromatic N) is 2. The van der Waals surface area contributed by atoms with Crippen LogP contribution in [-0.2, 0) is 11.4 Å². The minimum atomic E-state index is -1.12. The first-order chi connectivity index (χ1) is 16.3. The van der Waals surface area contributed by atoms with Gasteiger partial charge < -0.3 is 15.2 Å². The summed E-state index contributed by atoms with van der Waals surface area (Å²) in [5.74, 6) is -1.30. The van der Waals surface area contributed by atoms with Gasteiger partial charge in [0.15, 0.2) is 0 Å². The Morgan fingerprint density at radius 2 is 1.74 bits per heavy atom. The van der Waals surface area contributed by atoms with Crippen molar-refractivity contribution in [1.82, 2.24) is 0 Å². The van der Waals surface area contributed by atoms with E-state index < -0.39 is 11.9 Å². The zero-order valence-electron chi connectivity index (χ0n) is 17.4. The van der Waals surface area contributed by atoms with Crippen molar-refractivity contribution in [2.75, 3.05) is 5.32 Å². The fourth-order valence-corrected chi connectivity index (χ4v) is 4.40. The van der Waals surface area contributed by atoms with Gasteiger partial charge in [0.25, 0.3) is 5.91 Å². The van der Waals surface area contributed by atoms with Crippen molar-refractivity contribution in [2.45, 2.75) is 6.61 Å². The van der Waals surface area contributed by atoms with Crippen molar-refractivity contribution >= 4 is 55.5 Å². The summed E-state index contributed by atoms with van der Waals surface area (Å²) < 4.78 is 7.04. The fraction of sp³-hybridized carbons (Fsp3) is 0.0400. The van der Waals surface area contributed by atoms with Gasteiger partial charge >= 0.3 is 5.97 Å². The molecule has 0 atom stereocenters. The van der Waals surface area contributed by atoms with Crippen molar-refractivity contribution in [2.24, 2.45) is 0 Å². The molecule has 0 bridgehead atoms. The quantitative estimate of drug-likeness (QED) is 0.265. The molecule has 0 fully saturated rings. The zero-order chi connectivity index (χ0) is 24.7. The number of hydrogen-bond donors (Lipinski definition) is 2. The molecule has 0 aliphatic heterocycles. The minimum absolute atomic E-state index is 0.0149. The van der Waals surface area contributed by atoms with Gasteiger partial charge in [-0.2, -0.15) is 10.5 Å². The van der Waals surface area contributed by atoms with E-state index in [0.717, 1.165) is 5.56 Å². The smallest absolute Gasteiger partial charge is 0.335 e. The third-order valence-corrected chi connectivity index (χ3v) is 5.75. The Balaban J connectivity index is 1.79. The third kappa shape index (κ3) is 6.10. The maximum atomic E-state index is 12.6. The van der Waals surface area contributed by atoms with E-state index in [0.29, 0.717) is 25.8 Å². The Bertz CT molecular complexity index is 1360. The molecule has 0 heterocycles. The van der Waals surface area contributed by atoms with Crippen LogP contribution in [0, 0.1) is 22.7 Å². The van der Waals surface area contributed by atoms with Gasteiger partial charge in [-0.15, -0.1) is 0 Å². The first-order valence-electron chi connectivity index (χ1n) is 9.68. The number of amides is 1. The van der Waals surface area contributed by atoms with Gasteiger partial charge in [0.1, 0.15) is 24.0 Å². The van der Waals surface area contributed by atoms with Crippen LogP contribution < -0.4 is 10.1 Å². The van der Waals surface area contributed by atoms with E-state index >= 15 is 0 Å². The molecule has 7 nitrogen and oxygen atoms in total. The van der Waals surface area contributed by atoms with Gasteiger partial charge in [-0.1, -0.05) is 24.3 Å². The largest absolute Gasteiger partial charge is 0.486 e. The summed E-state index contributed by atoms with van der Waals surface area (Å²) in [6.07, 6.45) is 1.40. The number of carboxylic acid groups (broad SMARTS) is 1. The third-order valence-electron chi connectivity index (χ3n) is 4.57. The molecule has 0 spiro atoms. The lowest BCUT2D eigenvalue weighted by atomic mass is 10.1. The lowest BCUT2D eigenvalue weighted by Crippen LogP contribution is -2.14. The molecule has 0 saturated carbocycles. The number of anilines is 1. The van der Waals surface area contributed by atoms with Gasteiger partial charge in [-0.3, -0.25) is 4.79 Å². The molecule has 168 valence electrons. The molecule has 3 rings (SSSR count). The van der Waals surface area contributed by atoms with E-state index in [1.54, 1.807) is 30.3 Å². The Hall–Kier alpha value is -3.92. The number of halogens is 2. The first kappa shape index (κ1) is 24.7. The molecule has 3 aromatic rings. The monoisotopic (exact) mass is 579 g/mol. The Labute approximate surface area is 212 Å². The number of aromatic carboxylic acids is 1. The molecule has 34 heavy (non-hydrogen) atoms. The molecule has 0 saturated heterocycles. The number of benzene rings is 3. The van der Waals surface area contributed by atoms with E-state index in [-0.39, 0.29) is 23.4 Å². The maximum absolute atomic E-state index is 12.6. The standard InChI is InChI=1S/C25H15Br2N3O4/c26-21-9-15(10-22(27)23(21)34-14-18-5-2-1-4-17(18)12-28)8-19(13-29)24(31)30-20-7-3-6-16(11-20)25(32)33/h1-11H,14H2,(H,30,31)(H,32,33)/b19-8-. The van der Waals surface area contributed by atoms with Gasteiger partial charge in [-0.25, -0.2) is 4.79 Å². The highest BCUT2D eigenvalue weighted by Gasteiger charge is 2.14. The van der Waals surface area contributed by atoms with Crippen molar-refractivity contribution in [3.05, 3.63) is 97.4 Å². The second kappa shape index (κ2) is 11.3. The van der Waals surface area contributed by atoms with Gasteiger partial charge in [0.05, 0.1) is 26.1 Å². The molecule has 9 heteroatoms. The van der Waals surface area contributed by atoms with Crippen LogP contribution in [-0.4, -0.2) is 17.0 Å². The topological polar surface area (TPSA) is 123 Å². The summed E-state index contributed by atoms with van der Waals surface area (Å²) in [7, 11) is 0. The number of nitrogens with one attached hydrogen (secondary N) is 1. The molecule has 3 aromatic carbocycles. The Morgan fingerprint density at radius 3 is 2.38 bits per heavy atom. The second-order valence-electron chi connectivity index (χ2n) is 6.88. The normalized spacial score (nSPS) is 10.6. The van der Waals surface area contributed by atoms with Crippen molar-refractivity contribution in [3.8, 4) is 17.9 Å². The van der Waals surface area contributed by atoms with E-state index in [9.17, 15) is 20.1 Å². The first-order valence-corrected chi connectivity index (χ1v) is 11.3. The van der Waals surface area contributed by atoms with Crippen molar-refractivity contribution in [1.29, 1.82) is 10.5 Å². The average molecular weight is 581 g/mol. The van der Waals surface area contributed by atoms with E-state index in [4.69, 9.17) is 9.84 Å². The van der Waals surface area contributed by atoms with Crippen LogP contribution in [0.1, 0.15) is 27.0 Å². The molecule has 0 aromatic heterocycles. The van der Waals surface area contributed by atoms with Crippen LogP contribution in [0.4, 0.5) is 5.69 Å². The summed E-state index contributed by atoms with van der Waals surface area (Å²) in [5, 5.41) is 30.3. The lowest BCUT2D eigenvalue weighted by molar-refractivity contribution is -0.112. The summed E-state index contributed by atoms with van der Waals surface area (Å²) in [6, 6.07) is 20.2. The summed E-state index contributed by atoms with van der Waals surface area (Å²) in [4.78, 5) is 23.7. The highest BCUT2D eigenvalue weighted by Crippen LogP contribution is 2.36. The van der Waals surface area contributed by atoms with Gasteiger partial charge in [-0.05, 0) is 79.9 Å². The number of rotatable bonds is 7. The van der Waals surface area contributed by atoms with Crippen LogP contribution in [0.3, 0.4) is 0 Å². The molecule has 0 radical (unpaired) electrons. The second-order valence-corrected chi connectivity index (χ2v) is 8.59. The Kier molecular flexibility index (Phi) is 8.20. The Morgan fingerprint density at radius 1 is 1.03 bits per heavy atom. The van der Waals surface area contributed by atoms with E-state index in [1.165, 1.54) is 30.3 Å². The fourth-order valence-electron chi connectivity index (χ4n) is 2.95. The van der Waals surface area contributed by atoms with Crippen LogP contribution in [0.25, 0.3) is 6.08 Å². The van der Waals surface area contributed by atoms with Crippen molar-refractivity contribution < 1.29 is 19.4 Å². The van der Waals surface area contributed by atoms with Gasteiger partial charge in [0, 0.05) is 11.3 Å². The van der Waals surface area contributed by atoms with E-state index in [2.05, 4.69) is 43.2 Å². The van der Waals surface area contributed by atoms with Crippen LogP contribution in [0.15, 0.2) is 75.2 Å². The van der Waals surface area contributed by atoms with Gasteiger partial charge in [0.2, 0.25) is 0 Å². The summed E-state index contributed by atoms with van der Waals surface area (Å²) in [5.41, 5.74) is 1.91. The maximum Gasteiger partial charge on any atom is 0.335 e. The lowest BCUT2D eigenvalue weighted by Gasteiger charge is -2.12. The number of ether oxygens (including phenoxy) is 1. The highest BCUT2D eigenvalue weighted by atomic mass is 79.9. The van der Waals surface area contributed by atoms with Crippen molar-refractivity contribution in [3.63, 3.8) is 0 Å². The molecule has 0 aliphatic carbocycles. The molecular formula is C25H15Br2N3O4. The zero-order valence-corrected chi connectivity index (χ0v) is 20.6. The number of carbonyl (C=O) groups is 2. The highest BCUT2D eigenvalue weighted by molar-refractivity contribution is 9.11. The van der Waals surface area contributed by atoms with Crippen LogP contribution >= 0.6 is 31.9 Å². The average Bonchev–Trinajstić information content (AvgIpc) is 2.82. The number of nitriles is 2. The molecular weight excluding hydrogens is 566 g/mol. The SMILES string of the molecule is N#C/C(=C/c1cc(Br)c(OCc2ccccc2C#N)c(Br)c1)C(=O)Nc1cccc(C(=O)O)c1. The van der Waals surface area contributed by atoms with Crippen LogP contribution in [0.5, 0.6) is 5.75 Å². The summed E-state index contributed by atoms with van der Waals surface area (Å²) >= 11 is 6.89. The number of carbonyl (C=O) groups excluding carboxylic acids is 1. The number of carboxylic acids is 1. The molecule has 0 unspecified atom stereocenters. The minimum Gasteiger partial charge on any atom is -0.486 e. The molecule has 2 N–H and O–H groups in total. The molecule has 1 amide bonds. The van der Waals surface area contributed by atoms with Crippen LogP contribution in [0.2, 0.25) is 0 Å². The predicted octanol–water partition coefficient (Wildman–Crippen LogP) is 5.91. The summed E-state index contributed by atoms with van der Waals surface area (Å²) in [6.45, 7) is 0.178. The predicted molar refractivity (Wildman–Crippen MR) is 133 cm³/mol. The van der Waals surface area contributed by atoms with E-state index in [1.807, 2.05) is 12.1 Å². The molecule has 0 aliphatic rings.